The molecule has 0 aliphatic carbocycles. The Bertz CT molecular complexity index is 663. The van der Waals surface area contributed by atoms with Crippen molar-refractivity contribution in [2.75, 3.05) is 17.6 Å². The van der Waals surface area contributed by atoms with Crippen molar-refractivity contribution in [2.45, 2.75) is 6.42 Å². The third kappa shape index (κ3) is 2.74. The van der Waals surface area contributed by atoms with Gasteiger partial charge in [-0.2, -0.15) is 15.0 Å². The summed E-state index contributed by atoms with van der Waals surface area (Å²) in [6.45, 7) is 0.639. The molecule has 3 aromatic heterocycles. The van der Waals surface area contributed by atoms with E-state index in [0.717, 1.165) is 12.2 Å². The van der Waals surface area contributed by atoms with E-state index in [2.05, 4.69) is 25.3 Å². The molecule has 0 bridgehead atoms. The predicted octanol–water partition coefficient (Wildman–Crippen LogP) is 0.887. The molecule has 3 aromatic rings. The van der Waals surface area contributed by atoms with Crippen molar-refractivity contribution in [3.05, 3.63) is 42.9 Å². The number of nitrogen functional groups attached to an aromatic ring is 1. The third-order valence-electron chi connectivity index (χ3n) is 2.61. The highest BCUT2D eigenvalue weighted by Crippen LogP contribution is 2.07. The summed E-state index contributed by atoms with van der Waals surface area (Å²) in [4.78, 5) is 16.3. The summed E-state index contributed by atoms with van der Waals surface area (Å²) < 4.78 is 6.91. The van der Waals surface area contributed by atoms with Gasteiger partial charge in [0.1, 0.15) is 12.1 Å². The first kappa shape index (κ1) is 12.2. The first-order valence-electron chi connectivity index (χ1n) is 6.07. The summed E-state index contributed by atoms with van der Waals surface area (Å²) in [5.74, 6) is 1.90. The Morgan fingerprint density at radius 2 is 2.25 bits per heavy atom. The van der Waals surface area contributed by atoms with E-state index in [-0.39, 0.29) is 5.95 Å². The lowest BCUT2D eigenvalue weighted by Gasteiger charge is -2.06. The first-order chi connectivity index (χ1) is 9.81. The van der Waals surface area contributed by atoms with E-state index in [4.69, 9.17) is 10.2 Å². The van der Waals surface area contributed by atoms with Crippen molar-refractivity contribution >= 4 is 11.9 Å². The minimum atomic E-state index is 0.157. The first-order valence-corrected chi connectivity index (χ1v) is 6.07. The molecule has 20 heavy (non-hydrogen) atoms. The fourth-order valence-electron chi connectivity index (χ4n) is 1.70. The van der Waals surface area contributed by atoms with Gasteiger partial charge in [-0.3, -0.25) is 4.57 Å². The van der Waals surface area contributed by atoms with Crippen LogP contribution in [0, 0.1) is 0 Å². The van der Waals surface area contributed by atoms with Gasteiger partial charge in [0.05, 0.1) is 6.26 Å². The second kappa shape index (κ2) is 5.39. The minimum Gasteiger partial charge on any atom is -0.469 e. The van der Waals surface area contributed by atoms with Gasteiger partial charge in [0.25, 0.3) is 0 Å². The number of nitrogens with one attached hydrogen (secondary N) is 1. The van der Waals surface area contributed by atoms with Crippen molar-refractivity contribution in [3.8, 4) is 5.95 Å². The van der Waals surface area contributed by atoms with Crippen LogP contribution in [0.2, 0.25) is 0 Å². The molecule has 0 aromatic carbocycles. The molecule has 0 radical (unpaired) electrons. The molecule has 0 aliphatic rings. The Kier molecular flexibility index (Phi) is 3.27. The van der Waals surface area contributed by atoms with Gasteiger partial charge >= 0.3 is 0 Å². The van der Waals surface area contributed by atoms with Crippen LogP contribution in [-0.4, -0.2) is 31.0 Å². The van der Waals surface area contributed by atoms with Gasteiger partial charge < -0.3 is 15.5 Å². The number of hydrogen-bond acceptors (Lipinski definition) is 7. The highest BCUT2D eigenvalue weighted by Gasteiger charge is 2.06. The van der Waals surface area contributed by atoms with E-state index < -0.39 is 0 Å². The highest BCUT2D eigenvalue weighted by atomic mass is 16.3. The third-order valence-corrected chi connectivity index (χ3v) is 2.61. The van der Waals surface area contributed by atoms with Gasteiger partial charge in [0, 0.05) is 25.4 Å². The molecule has 3 heterocycles. The molecule has 3 rings (SSSR count). The molecule has 0 spiro atoms. The molecular formula is C12H13N7O. The molecule has 8 heteroatoms. The normalized spacial score (nSPS) is 10.6. The summed E-state index contributed by atoms with van der Waals surface area (Å²) in [5.41, 5.74) is 5.68. The Balaban J connectivity index is 1.70. The predicted molar refractivity (Wildman–Crippen MR) is 72.3 cm³/mol. The molecule has 0 fully saturated rings. The number of rotatable bonds is 5. The molecule has 0 amide bonds. The molecule has 0 aliphatic heterocycles. The zero-order chi connectivity index (χ0) is 13.8. The topological polar surface area (TPSA) is 108 Å². The van der Waals surface area contributed by atoms with Gasteiger partial charge in [0.15, 0.2) is 0 Å². The fourth-order valence-corrected chi connectivity index (χ4v) is 1.70. The van der Waals surface area contributed by atoms with Crippen molar-refractivity contribution in [1.82, 2.24) is 24.5 Å². The van der Waals surface area contributed by atoms with Crippen LogP contribution in [0.25, 0.3) is 5.95 Å². The molecule has 0 saturated carbocycles. The Morgan fingerprint density at radius 1 is 1.30 bits per heavy atom. The number of nitrogens with two attached hydrogens (primary N) is 1. The van der Waals surface area contributed by atoms with Crippen molar-refractivity contribution in [1.29, 1.82) is 0 Å². The molecule has 0 atom stereocenters. The van der Waals surface area contributed by atoms with Crippen LogP contribution in [0.15, 0.2) is 41.5 Å². The Morgan fingerprint density at radius 3 is 3.00 bits per heavy atom. The number of hydrogen-bond donors (Lipinski definition) is 2. The summed E-state index contributed by atoms with van der Waals surface area (Å²) in [7, 11) is 0. The summed E-state index contributed by atoms with van der Waals surface area (Å²) in [6.07, 6.45) is 7.36. The average Bonchev–Trinajstić information content (AvgIpc) is 3.11. The average molecular weight is 271 g/mol. The van der Waals surface area contributed by atoms with Crippen LogP contribution in [0.1, 0.15) is 5.76 Å². The molecule has 0 unspecified atom stereocenters. The molecule has 8 nitrogen and oxygen atoms in total. The number of furan rings is 1. The van der Waals surface area contributed by atoms with E-state index >= 15 is 0 Å². The molecule has 102 valence electrons. The smallest absolute Gasteiger partial charge is 0.241 e. The van der Waals surface area contributed by atoms with Gasteiger partial charge in [-0.1, -0.05) is 0 Å². The van der Waals surface area contributed by atoms with E-state index in [1.165, 1.54) is 0 Å². The van der Waals surface area contributed by atoms with Crippen molar-refractivity contribution < 1.29 is 4.42 Å². The van der Waals surface area contributed by atoms with Crippen LogP contribution >= 0.6 is 0 Å². The quantitative estimate of drug-likeness (QED) is 0.709. The molecule has 3 N–H and O–H groups in total. The Labute approximate surface area is 114 Å². The molecule has 0 saturated heterocycles. The zero-order valence-corrected chi connectivity index (χ0v) is 10.6. The van der Waals surface area contributed by atoms with Gasteiger partial charge in [0.2, 0.25) is 17.8 Å². The van der Waals surface area contributed by atoms with Crippen LogP contribution in [0.4, 0.5) is 11.9 Å². The standard InChI is InChI=1S/C12H13N7O/c13-10-16-11(15-4-3-9-2-1-7-20-9)18-12(17-10)19-6-5-14-8-19/h1-2,5-8H,3-4H2,(H3,13,15,16,17,18). The van der Waals surface area contributed by atoms with Crippen molar-refractivity contribution in [3.63, 3.8) is 0 Å². The van der Waals surface area contributed by atoms with Crippen molar-refractivity contribution in [2.24, 2.45) is 0 Å². The summed E-state index contributed by atoms with van der Waals surface area (Å²) in [6, 6.07) is 3.77. The maximum absolute atomic E-state index is 5.68. The monoisotopic (exact) mass is 271 g/mol. The number of aromatic nitrogens is 5. The molecular weight excluding hydrogens is 258 g/mol. The largest absolute Gasteiger partial charge is 0.469 e. The summed E-state index contributed by atoms with van der Waals surface area (Å²) >= 11 is 0. The highest BCUT2D eigenvalue weighted by molar-refractivity contribution is 5.35. The summed E-state index contributed by atoms with van der Waals surface area (Å²) in [5, 5.41) is 3.09. The van der Waals surface area contributed by atoms with E-state index in [1.807, 2.05) is 12.1 Å². The lowest BCUT2D eigenvalue weighted by atomic mass is 10.3. The van der Waals surface area contributed by atoms with Crippen LogP contribution in [-0.2, 0) is 6.42 Å². The lowest BCUT2D eigenvalue weighted by molar-refractivity contribution is 0.512. The second-order valence-corrected chi connectivity index (χ2v) is 4.04. The Hall–Kier alpha value is -2.90. The van der Waals surface area contributed by atoms with Gasteiger partial charge in [-0.05, 0) is 12.1 Å². The van der Waals surface area contributed by atoms with Gasteiger partial charge in [-0.25, -0.2) is 4.98 Å². The number of anilines is 2. The minimum absolute atomic E-state index is 0.157. The lowest BCUT2D eigenvalue weighted by Crippen LogP contribution is -2.12. The van der Waals surface area contributed by atoms with E-state index in [9.17, 15) is 0 Å². The SMILES string of the molecule is Nc1nc(NCCc2ccco2)nc(-n2ccnc2)n1. The zero-order valence-electron chi connectivity index (χ0n) is 10.6. The van der Waals surface area contributed by atoms with Gasteiger partial charge in [-0.15, -0.1) is 0 Å². The van der Waals surface area contributed by atoms with E-state index in [0.29, 0.717) is 18.4 Å². The van der Waals surface area contributed by atoms with Crippen LogP contribution < -0.4 is 11.1 Å². The maximum Gasteiger partial charge on any atom is 0.241 e. The number of nitrogens with zero attached hydrogens (tertiary/aromatic N) is 5. The number of imidazole rings is 1. The van der Waals surface area contributed by atoms with Crippen LogP contribution in [0.3, 0.4) is 0 Å². The fraction of sp³-hybridized carbons (Fsp3) is 0.167. The van der Waals surface area contributed by atoms with E-state index in [1.54, 1.807) is 29.6 Å². The maximum atomic E-state index is 5.68. The second-order valence-electron chi connectivity index (χ2n) is 4.04. The van der Waals surface area contributed by atoms with Crippen LogP contribution in [0.5, 0.6) is 0 Å².